The first-order valence-electron chi connectivity index (χ1n) is 7.82. The Hall–Kier alpha value is -2.70. The molecule has 2 aromatic rings. The van der Waals surface area contributed by atoms with E-state index < -0.39 is 0 Å². The number of hydrogen-bond donors (Lipinski definition) is 2. The zero-order valence-corrected chi connectivity index (χ0v) is 14.2. The van der Waals surface area contributed by atoms with Gasteiger partial charge in [0.1, 0.15) is 5.82 Å². The predicted molar refractivity (Wildman–Crippen MR) is 90.1 cm³/mol. The second kappa shape index (κ2) is 6.07. The van der Waals surface area contributed by atoms with E-state index >= 15 is 0 Å². The minimum Gasteiger partial charge on any atom is -0.493 e. The number of aromatic amines is 1. The fourth-order valence-electron chi connectivity index (χ4n) is 3.13. The van der Waals surface area contributed by atoms with E-state index in [1.165, 1.54) is 0 Å². The summed E-state index contributed by atoms with van der Waals surface area (Å²) in [5.41, 5.74) is 1.24. The molecule has 1 aliphatic rings. The SMILES string of the molecule is COc1ccc([C@@H]2CC(=O)Nc3c2c(=O)[nH]n3C(C)C)cc1OC. The van der Waals surface area contributed by atoms with Gasteiger partial charge in [-0.2, -0.15) is 0 Å². The molecule has 2 heterocycles. The van der Waals surface area contributed by atoms with Crippen LogP contribution in [0.5, 0.6) is 11.5 Å². The van der Waals surface area contributed by atoms with Crippen LogP contribution in [0, 0.1) is 0 Å². The lowest BCUT2D eigenvalue weighted by molar-refractivity contribution is -0.116. The van der Waals surface area contributed by atoms with Gasteiger partial charge in [-0.1, -0.05) is 6.07 Å². The number of benzene rings is 1. The van der Waals surface area contributed by atoms with Gasteiger partial charge in [0, 0.05) is 18.4 Å². The summed E-state index contributed by atoms with van der Waals surface area (Å²) in [5.74, 6) is 1.29. The van der Waals surface area contributed by atoms with Crippen LogP contribution in [0.15, 0.2) is 23.0 Å². The Morgan fingerprint density at radius 3 is 2.50 bits per heavy atom. The first-order chi connectivity index (χ1) is 11.5. The highest BCUT2D eigenvalue weighted by molar-refractivity contribution is 5.94. The van der Waals surface area contributed by atoms with E-state index in [2.05, 4.69) is 10.4 Å². The van der Waals surface area contributed by atoms with Gasteiger partial charge in [-0.3, -0.25) is 19.4 Å². The lowest BCUT2D eigenvalue weighted by Gasteiger charge is -2.24. The Kier molecular flexibility index (Phi) is 4.09. The monoisotopic (exact) mass is 331 g/mol. The normalized spacial score (nSPS) is 16.7. The molecular formula is C17H21N3O4. The van der Waals surface area contributed by atoms with E-state index in [9.17, 15) is 9.59 Å². The molecule has 128 valence electrons. The van der Waals surface area contributed by atoms with E-state index in [1.54, 1.807) is 25.0 Å². The van der Waals surface area contributed by atoms with Crippen molar-refractivity contribution in [2.75, 3.05) is 19.5 Å². The van der Waals surface area contributed by atoms with Crippen LogP contribution in [0.1, 0.15) is 43.4 Å². The molecule has 1 aliphatic heterocycles. The van der Waals surface area contributed by atoms with Crippen LogP contribution in [0.4, 0.5) is 5.82 Å². The summed E-state index contributed by atoms with van der Waals surface area (Å²) in [7, 11) is 3.12. The number of methoxy groups -OCH3 is 2. The van der Waals surface area contributed by atoms with Crippen molar-refractivity contribution in [3.8, 4) is 11.5 Å². The number of amides is 1. The van der Waals surface area contributed by atoms with Crippen molar-refractivity contribution in [1.29, 1.82) is 0 Å². The van der Waals surface area contributed by atoms with Crippen LogP contribution >= 0.6 is 0 Å². The third kappa shape index (κ3) is 2.55. The number of nitrogens with one attached hydrogen (secondary N) is 2. The Bertz CT molecular complexity index is 835. The Labute approximate surface area is 139 Å². The molecule has 1 aromatic heterocycles. The lowest BCUT2D eigenvalue weighted by Crippen LogP contribution is -2.27. The van der Waals surface area contributed by atoms with Crippen LogP contribution in [0.3, 0.4) is 0 Å². The van der Waals surface area contributed by atoms with Crippen molar-refractivity contribution >= 4 is 11.7 Å². The third-order valence-electron chi connectivity index (χ3n) is 4.28. The van der Waals surface area contributed by atoms with Crippen molar-refractivity contribution in [1.82, 2.24) is 9.78 Å². The molecule has 0 saturated carbocycles. The van der Waals surface area contributed by atoms with Crippen LogP contribution < -0.4 is 20.3 Å². The Morgan fingerprint density at radius 2 is 1.88 bits per heavy atom. The highest BCUT2D eigenvalue weighted by Crippen LogP contribution is 2.39. The molecule has 1 aromatic carbocycles. The molecule has 0 aliphatic carbocycles. The second-order valence-corrected chi connectivity index (χ2v) is 6.09. The smallest absolute Gasteiger partial charge is 0.270 e. The van der Waals surface area contributed by atoms with Gasteiger partial charge < -0.3 is 14.8 Å². The standard InChI is InChI=1S/C17H21N3O4/c1-9(2)20-16-15(17(22)19-20)11(8-14(21)18-16)10-5-6-12(23-3)13(7-10)24-4/h5-7,9,11H,8H2,1-4H3,(H,18,21)(H,19,22)/t11-/m0/s1. The Balaban J connectivity index is 2.14. The Morgan fingerprint density at radius 1 is 1.17 bits per heavy atom. The molecule has 0 bridgehead atoms. The summed E-state index contributed by atoms with van der Waals surface area (Å²) >= 11 is 0. The highest BCUT2D eigenvalue weighted by atomic mass is 16.5. The van der Waals surface area contributed by atoms with Crippen LogP contribution in [0.25, 0.3) is 0 Å². The molecule has 3 rings (SSSR count). The fourth-order valence-corrected chi connectivity index (χ4v) is 3.13. The second-order valence-electron chi connectivity index (χ2n) is 6.09. The molecule has 7 heteroatoms. The number of rotatable bonds is 4. The molecule has 1 atom stereocenters. The number of nitrogens with zero attached hydrogens (tertiary/aromatic N) is 1. The van der Waals surface area contributed by atoms with Gasteiger partial charge in [-0.05, 0) is 31.5 Å². The molecule has 1 amide bonds. The molecule has 0 radical (unpaired) electrons. The minimum atomic E-state index is -0.322. The first-order valence-corrected chi connectivity index (χ1v) is 7.82. The number of carbonyl (C=O) groups excluding carboxylic acids is 1. The van der Waals surface area contributed by atoms with Gasteiger partial charge in [-0.25, -0.2) is 0 Å². The number of fused-ring (bicyclic) bond motifs is 1. The molecule has 0 unspecified atom stereocenters. The third-order valence-corrected chi connectivity index (χ3v) is 4.28. The number of H-pyrrole nitrogens is 1. The molecular weight excluding hydrogens is 310 g/mol. The van der Waals surface area contributed by atoms with E-state index in [0.29, 0.717) is 22.9 Å². The number of carbonyl (C=O) groups is 1. The highest BCUT2D eigenvalue weighted by Gasteiger charge is 2.33. The van der Waals surface area contributed by atoms with E-state index in [-0.39, 0.29) is 29.8 Å². The average Bonchev–Trinajstić information content (AvgIpc) is 2.90. The maximum absolute atomic E-state index is 12.5. The summed E-state index contributed by atoms with van der Waals surface area (Å²) in [4.78, 5) is 24.6. The maximum atomic E-state index is 12.5. The molecule has 0 saturated heterocycles. The van der Waals surface area contributed by atoms with Gasteiger partial charge in [0.2, 0.25) is 5.91 Å². The number of anilines is 1. The fraction of sp³-hybridized carbons (Fsp3) is 0.412. The molecule has 24 heavy (non-hydrogen) atoms. The van der Waals surface area contributed by atoms with Crippen molar-refractivity contribution in [3.05, 3.63) is 39.7 Å². The van der Waals surface area contributed by atoms with Crippen LogP contribution in [0.2, 0.25) is 0 Å². The summed E-state index contributed by atoms with van der Waals surface area (Å²) < 4.78 is 12.3. The quantitative estimate of drug-likeness (QED) is 0.900. The molecule has 7 nitrogen and oxygen atoms in total. The van der Waals surface area contributed by atoms with Gasteiger partial charge in [0.25, 0.3) is 5.56 Å². The van der Waals surface area contributed by atoms with Crippen molar-refractivity contribution in [2.45, 2.75) is 32.2 Å². The number of ether oxygens (including phenoxy) is 2. The van der Waals surface area contributed by atoms with Gasteiger partial charge >= 0.3 is 0 Å². The maximum Gasteiger partial charge on any atom is 0.270 e. The lowest BCUT2D eigenvalue weighted by atomic mass is 9.87. The van der Waals surface area contributed by atoms with Gasteiger partial charge in [0.05, 0.1) is 19.8 Å². The van der Waals surface area contributed by atoms with E-state index in [4.69, 9.17) is 9.47 Å². The van der Waals surface area contributed by atoms with Crippen LogP contribution in [-0.4, -0.2) is 29.9 Å². The zero-order chi connectivity index (χ0) is 17.4. The van der Waals surface area contributed by atoms with Crippen molar-refractivity contribution < 1.29 is 14.3 Å². The minimum absolute atomic E-state index is 0.0332. The zero-order valence-electron chi connectivity index (χ0n) is 14.2. The predicted octanol–water partition coefficient (Wildman–Crippen LogP) is 2.25. The van der Waals surface area contributed by atoms with Crippen molar-refractivity contribution in [2.24, 2.45) is 0 Å². The largest absolute Gasteiger partial charge is 0.493 e. The van der Waals surface area contributed by atoms with Gasteiger partial charge in [0.15, 0.2) is 11.5 Å². The van der Waals surface area contributed by atoms with E-state index in [0.717, 1.165) is 5.56 Å². The molecule has 0 spiro atoms. The summed E-state index contributed by atoms with van der Waals surface area (Å²) in [6, 6.07) is 5.50. The van der Waals surface area contributed by atoms with E-state index in [1.807, 2.05) is 26.0 Å². The van der Waals surface area contributed by atoms with Crippen molar-refractivity contribution in [3.63, 3.8) is 0 Å². The van der Waals surface area contributed by atoms with Crippen LogP contribution in [-0.2, 0) is 4.79 Å². The summed E-state index contributed by atoms with van der Waals surface area (Å²) in [6.07, 6.45) is 0.216. The number of hydrogen-bond acceptors (Lipinski definition) is 4. The summed E-state index contributed by atoms with van der Waals surface area (Å²) in [5, 5.41) is 5.63. The summed E-state index contributed by atoms with van der Waals surface area (Å²) in [6.45, 7) is 3.89. The average molecular weight is 331 g/mol. The first kappa shape index (κ1) is 16.2. The topological polar surface area (TPSA) is 85.4 Å². The molecule has 2 N–H and O–H groups in total. The molecule has 0 fully saturated rings. The number of aromatic nitrogens is 2. The van der Waals surface area contributed by atoms with Gasteiger partial charge in [-0.15, -0.1) is 0 Å².